The van der Waals surface area contributed by atoms with Crippen molar-refractivity contribution < 1.29 is 13.6 Å². The maximum atomic E-state index is 12.2. The summed E-state index contributed by atoms with van der Waals surface area (Å²) in [4.78, 5) is 14.5. The van der Waals surface area contributed by atoms with Crippen LogP contribution in [-0.4, -0.2) is 39.5 Å². The lowest BCUT2D eigenvalue weighted by Gasteiger charge is -2.31. The Balaban J connectivity index is 1.43. The zero-order chi connectivity index (χ0) is 20.1. The summed E-state index contributed by atoms with van der Waals surface area (Å²) in [6, 6.07) is 7.44. The van der Waals surface area contributed by atoms with Crippen molar-refractivity contribution in [3.05, 3.63) is 48.3 Å². The van der Waals surface area contributed by atoms with E-state index in [1.165, 1.54) is 11.8 Å². The number of thioether (sulfide) groups is 1. The van der Waals surface area contributed by atoms with Gasteiger partial charge in [-0.05, 0) is 43.0 Å². The van der Waals surface area contributed by atoms with Gasteiger partial charge in [-0.25, -0.2) is 0 Å². The summed E-state index contributed by atoms with van der Waals surface area (Å²) in [6.07, 6.45) is 5.55. The van der Waals surface area contributed by atoms with Crippen LogP contribution in [0, 0.1) is 5.92 Å². The lowest BCUT2D eigenvalue weighted by Crippen LogP contribution is -2.35. The molecule has 8 nitrogen and oxygen atoms in total. The molecule has 0 unspecified atom stereocenters. The van der Waals surface area contributed by atoms with E-state index in [0.717, 1.165) is 49.3 Å². The van der Waals surface area contributed by atoms with E-state index in [0.29, 0.717) is 18.2 Å². The molecule has 3 aromatic heterocycles. The number of rotatable bonds is 8. The molecular weight excluding hydrogens is 390 g/mol. The number of piperidine rings is 1. The Kier molecular flexibility index (Phi) is 6.24. The molecule has 9 heteroatoms. The molecular formula is C20H25N5O3S. The van der Waals surface area contributed by atoms with E-state index in [9.17, 15) is 4.79 Å². The number of anilines is 1. The third-order valence-corrected chi connectivity index (χ3v) is 6.00. The first-order valence-corrected chi connectivity index (χ1v) is 10.8. The second-order valence-electron chi connectivity index (χ2n) is 7.26. The van der Waals surface area contributed by atoms with Crippen LogP contribution < -0.4 is 10.2 Å². The standard InChI is InChI=1S/C20H25N5O3S/c1-15-6-8-24(9-7-15)19-22-23-20(25(19)13-17-5-3-11-28-17)29-14-18(26)21-12-16-4-2-10-27-16/h2-5,10-11,15H,6-9,12-14H2,1H3,(H,21,26). The maximum Gasteiger partial charge on any atom is 0.230 e. The first-order chi connectivity index (χ1) is 14.2. The molecule has 1 saturated heterocycles. The Morgan fingerprint density at radius 3 is 2.59 bits per heavy atom. The quantitative estimate of drug-likeness (QED) is 0.565. The second-order valence-corrected chi connectivity index (χ2v) is 8.20. The summed E-state index contributed by atoms with van der Waals surface area (Å²) in [6.45, 7) is 5.13. The molecule has 1 amide bonds. The van der Waals surface area contributed by atoms with Crippen LogP contribution in [0.3, 0.4) is 0 Å². The fourth-order valence-electron chi connectivity index (χ4n) is 3.31. The smallest absolute Gasteiger partial charge is 0.230 e. The van der Waals surface area contributed by atoms with E-state index in [1.54, 1.807) is 18.6 Å². The van der Waals surface area contributed by atoms with Gasteiger partial charge in [0, 0.05) is 13.1 Å². The van der Waals surface area contributed by atoms with Crippen LogP contribution in [0.1, 0.15) is 31.3 Å². The van der Waals surface area contributed by atoms with Gasteiger partial charge in [-0.2, -0.15) is 0 Å². The first-order valence-electron chi connectivity index (χ1n) is 9.81. The molecule has 1 N–H and O–H groups in total. The lowest BCUT2D eigenvalue weighted by molar-refractivity contribution is -0.118. The Morgan fingerprint density at radius 2 is 1.90 bits per heavy atom. The van der Waals surface area contributed by atoms with Crippen LogP contribution in [0.25, 0.3) is 0 Å². The number of carbonyl (C=O) groups is 1. The SMILES string of the molecule is CC1CCN(c2nnc(SCC(=O)NCc3ccco3)n2Cc2ccco2)CC1. The van der Waals surface area contributed by atoms with E-state index >= 15 is 0 Å². The number of amides is 1. The summed E-state index contributed by atoms with van der Waals surface area (Å²) in [5.41, 5.74) is 0. The molecule has 4 rings (SSSR count). The van der Waals surface area contributed by atoms with Gasteiger partial charge in [0.2, 0.25) is 11.9 Å². The average Bonchev–Trinajstić information content (AvgIpc) is 3.49. The Bertz CT molecular complexity index is 899. The van der Waals surface area contributed by atoms with E-state index in [2.05, 4.69) is 27.3 Å². The van der Waals surface area contributed by atoms with Gasteiger partial charge >= 0.3 is 0 Å². The second kappa shape index (κ2) is 9.21. The van der Waals surface area contributed by atoms with Crippen molar-refractivity contribution in [3.63, 3.8) is 0 Å². The molecule has 0 aromatic carbocycles. The highest BCUT2D eigenvalue weighted by Gasteiger charge is 2.23. The molecule has 0 bridgehead atoms. The third-order valence-electron chi connectivity index (χ3n) is 5.03. The summed E-state index contributed by atoms with van der Waals surface area (Å²) in [5.74, 6) is 3.32. The number of furan rings is 2. The highest BCUT2D eigenvalue weighted by atomic mass is 32.2. The van der Waals surface area contributed by atoms with Crippen LogP contribution in [0.5, 0.6) is 0 Å². The molecule has 3 aromatic rings. The molecule has 0 aliphatic carbocycles. The predicted octanol–water partition coefficient (Wildman–Crippen LogP) is 3.16. The number of carbonyl (C=O) groups excluding carboxylic acids is 1. The van der Waals surface area contributed by atoms with Gasteiger partial charge in [0.1, 0.15) is 11.5 Å². The Labute approximate surface area is 173 Å². The van der Waals surface area contributed by atoms with Gasteiger partial charge < -0.3 is 19.1 Å². The zero-order valence-corrected chi connectivity index (χ0v) is 17.2. The van der Waals surface area contributed by atoms with Gasteiger partial charge in [-0.15, -0.1) is 10.2 Å². The topological polar surface area (TPSA) is 89.3 Å². The zero-order valence-electron chi connectivity index (χ0n) is 16.4. The number of nitrogens with one attached hydrogen (secondary N) is 1. The van der Waals surface area contributed by atoms with Crippen LogP contribution in [0.2, 0.25) is 0 Å². The molecule has 1 fully saturated rings. The van der Waals surface area contributed by atoms with Crippen LogP contribution >= 0.6 is 11.8 Å². The fraction of sp³-hybridized carbons (Fsp3) is 0.450. The summed E-state index contributed by atoms with van der Waals surface area (Å²) in [7, 11) is 0. The Hall–Kier alpha value is -2.68. The summed E-state index contributed by atoms with van der Waals surface area (Å²) < 4.78 is 12.8. The third kappa shape index (κ3) is 5.03. The van der Waals surface area contributed by atoms with Gasteiger partial charge in [-0.3, -0.25) is 9.36 Å². The van der Waals surface area contributed by atoms with Crippen molar-refractivity contribution in [2.75, 3.05) is 23.7 Å². The maximum absolute atomic E-state index is 12.2. The van der Waals surface area contributed by atoms with Crippen molar-refractivity contribution in [2.24, 2.45) is 5.92 Å². The normalized spacial score (nSPS) is 15.0. The minimum atomic E-state index is -0.0766. The minimum absolute atomic E-state index is 0.0766. The molecule has 154 valence electrons. The molecule has 1 aliphatic heterocycles. The van der Waals surface area contributed by atoms with Crippen molar-refractivity contribution in [1.29, 1.82) is 0 Å². The van der Waals surface area contributed by atoms with Crippen molar-refractivity contribution in [1.82, 2.24) is 20.1 Å². The molecule has 0 radical (unpaired) electrons. The van der Waals surface area contributed by atoms with E-state index in [1.807, 2.05) is 22.8 Å². The van der Waals surface area contributed by atoms with E-state index in [4.69, 9.17) is 8.83 Å². The average molecular weight is 416 g/mol. The fourth-order valence-corrected chi connectivity index (χ4v) is 4.07. The van der Waals surface area contributed by atoms with Gasteiger partial charge in [0.05, 0.1) is 31.4 Å². The molecule has 29 heavy (non-hydrogen) atoms. The number of aromatic nitrogens is 3. The van der Waals surface area contributed by atoms with Gasteiger partial charge in [0.25, 0.3) is 0 Å². The van der Waals surface area contributed by atoms with Gasteiger partial charge in [0.15, 0.2) is 5.16 Å². The van der Waals surface area contributed by atoms with E-state index < -0.39 is 0 Å². The van der Waals surface area contributed by atoms with Crippen molar-refractivity contribution in [2.45, 2.75) is 38.0 Å². The van der Waals surface area contributed by atoms with Crippen LogP contribution in [0.4, 0.5) is 5.95 Å². The monoisotopic (exact) mass is 415 g/mol. The summed E-state index contributed by atoms with van der Waals surface area (Å²) in [5, 5.41) is 12.4. The van der Waals surface area contributed by atoms with E-state index in [-0.39, 0.29) is 11.7 Å². The number of hydrogen-bond donors (Lipinski definition) is 1. The summed E-state index contributed by atoms with van der Waals surface area (Å²) >= 11 is 1.38. The predicted molar refractivity (Wildman–Crippen MR) is 110 cm³/mol. The molecule has 1 aliphatic rings. The highest BCUT2D eigenvalue weighted by molar-refractivity contribution is 7.99. The molecule has 4 heterocycles. The number of nitrogens with zero attached hydrogens (tertiary/aromatic N) is 4. The highest BCUT2D eigenvalue weighted by Crippen LogP contribution is 2.27. The van der Waals surface area contributed by atoms with Gasteiger partial charge in [-0.1, -0.05) is 18.7 Å². The largest absolute Gasteiger partial charge is 0.467 e. The number of hydrogen-bond acceptors (Lipinski definition) is 7. The Morgan fingerprint density at radius 1 is 1.17 bits per heavy atom. The molecule has 0 spiro atoms. The first kappa shape index (κ1) is 19.6. The molecule has 0 saturated carbocycles. The van der Waals surface area contributed by atoms with Crippen molar-refractivity contribution in [3.8, 4) is 0 Å². The van der Waals surface area contributed by atoms with Crippen molar-refractivity contribution >= 4 is 23.6 Å². The molecule has 0 atom stereocenters. The minimum Gasteiger partial charge on any atom is -0.467 e. The van der Waals surface area contributed by atoms with Crippen LogP contribution in [0.15, 0.2) is 50.8 Å². The van der Waals surface area contributed by atoms with Crippen LogP contribution in [-0.2, 0) is 17.9 Å². The lowest BCUT2D eigenvalue weighted by atomic mass is 10.00.